The van der Waals surface area contributed by atoms with E-state index in [1.807, 2.05) is 18.2 Å². The van der Waals surface area contributed by atoms with Crippen LogP contribution in [0, 0.1) is 0 Å². The van der Waals surface area contributed by atoms with Gasteiger partial charge < -0.3 is 4.74 Å². The van der Waals surface area contributed by atoms with E-state index in [1.54, 1.807) is 54.7 Å². The molecule has 2 aromatic carbocycles. The van der Waals surface area contributed by atoms with Gasteiger partial charge in [0.15, 0.2) is 0 Å². The predicted molar refractivity (Wildman–Crippen MR) is 97.5 cm³/mol. The number of imide groups is 1. The first-order valence-corrected chi connectivity index (χ1v) is 8.34. The smallest absolute Gasteiger partial charge is 0.266 e. The number of ether oxygens (including phenoxy) is 1. The number of aromatic nitrogens is 1. The summed E-state index contributed by atoms with van der Waals surface area (Å²) in [6.07, 6.45) is 2.43. The van der Waals surface area contributed by atoms with E-state index in [1.165, 1.54) is 4.90 Å². The van der Waals surface area contributed by atoms with E-state index in [2.05, 4.69) is 4.98 Å². The van der Waals surface area contributed by atoms with Crippen LogP contribution in [0.2, 0.25) is 0 Å². The highest BCUT2D eigenvalue weighted by atomic mass is 16.5. The molecule has 1 aliphatic rings. The van der Waals surface area contributed by atoms with Crippen LogP contribution in [-0.2, 0) is 6.42 Å². The first kappa shape index (κ1) is 16.0. The molecule has 1 aromatic heterocycles. The zero-order valence-electron chi connectivity index (χ0n) is 14.0. The van der Waals surface area contributed by atoms with E-state index < -0.39 is 0 Å². The second-order valence-electron chi connectivity index (χ2n) is 5.91. The van der Waals surface area contributed by atoms with Crippen molar-refractivity contribution in [2.75, 3.05) is 11.5 Å². The summed E-state index contributed by atoms with van der Waals surface area (Å²) in [6, 6.07) is 19.6. The number of benzene rings is 2. The summed E-state index contributed by atoms with van der Waals surface area (Å²) in [5.41, 5.74) is 2.31. The average molecular weight is 344 g/mol. The lowest BCUT2D eigenvalue weighted by atomic mass is 10.1. The third-order valence-corrected chi connectivity index (χ3v) is 4.22. The van der Waals surface area contributed by atoms with E-state index in [-0.39, 0.29) is 11.8 Å². The number of rotatable bonds is 5. The molecule has 0 atom stereocenters. The molecule has 26 heavy (non-hydrogen) atoms. The Morgan fingerprint density at radius 1 is 0.846 bits per heavy atom. The Balaban J connectivity index is 1.50. The van der Waals surface area contributed by atoms with E-state index in [0.29, 0.717) is 35.6 Å². The number of amides is 2. The van der Waals surface area contributed by atoms with Crippen LogP contribution in [0.4, 0.5) is 5.69 Å². The maximum atomic E-state index is 12.6. The van der Waals surface area contributed by atoms with Gasteiger partial charge in [0, 0.05) is 24.4 Å². The molecule has 128 valence electrons. The Bertz CT molecular complexity index is 935. The molecule has 2 heterocycles. The fourth-order valence-electron chi connectivity index (χ4n) is 2.96. The lowest BCUT2D eigenvalue weighted by Crippen LogP contribution is -2.29. The lowest BCUT2D eigenvalue weighted by molar-refractivity contribution is 0.0926. The van der Waals surface area contributed by atoms with Crippen molar-refractivity contribution in [3.63, 3.8) is 0 Å². The molecule has 5 heteroatoms. The van der Waals surface area contributed by atoms with Crippen LogP contribution < -0.4 is 9.64 Å². The molecule has 0 bridgehead atoms. The van der Waals surface area contributed by atoms with Crippen molar-refractivity contribution < 1.29 is 14.3 Å². The van der Waals surface area contributed by atoms with Crippen molar-refractivity contribution >= 4 is 17.5 Å². The standard InChI is InChI=1S/C21H16N2O3/c24-20-18-9-1-2-10-19(18)21(25)23(20)16-7-5-8-17(14-16)26-13-11-15-6-3-4-12-22-15/h1-10,12,14H,11,13H2. The van der Waals surface area contributed by atoms with Crippen molar-refractivity contribution in [3.8, 4) is 5.75 Å². The van der Waals surface area contributed by atoms with Crippen LogP contribution in [-0.4, -0.2) is 23.4 Å². The van der Waals surface area contributed by atoms with Gasteiger partial charge in [0.05, 0.1) is 23.4 Å². The third kappa shape index (κ3) is 2.95. The minimum absolute atomic E-state index is 0.309. The zero-order valence-corrected chi connectivity index (χ0v) is 14.0. The summed E-state index contributed by atoms with van der Waals surface area (Å²) in [4.78, 5) is 30.6. The topological polar surface area (TPSA) is 59.5 Å². The molecule has 0 spiro atoms. The van der Waals surface area contributed by atoms with E-state index in [4.69, 9.17) is 4.74 Å². The highest BCUT2D eigenvalue weighted by molar-refractivity contribution is 6.34. The Hall–Kier alpha value is -3.47. The molecule has 0 saturated carbocycles. The van der Waals surface area contributed by atoms with Crippen LogP contribution in [0.25, 0.3) is 0 Å². The monoisotopic (exact) mass is 344 g/mol. The van der Waals surface area contributed by atoms with Gasteiger partial charge in [-0.05, 0) is 36.4 Å². The molecule has 0 fully saturated rings. The molecular formula is C21H16N2O3. The van der Waals surface area contributed by atoms with Gasteiger partial charge in [-0.2, -0.15) is 0 Å². The van der Waals surface area contributed by atoms with Crippen LogP contribution in [0.15, 0.2) is 72.9 Å². The van der Waals surface area contributed by atoms with Gasteiger partial charge in [-0.15, -0.1) is 0 Å². The number of nitrogens with zero attached hydrogens (tertiary/aromatic N) is 2. The summed E-state index contributed by atoms with van der Waals surface area (Å²) >= 11 is 0. The van der Waals surface area contributed by atoms with E-state index >= 15 is 0 Å². The van der Waals surface area contributed by atoms with Crippen LogP contribution in [0.1, 0.15) is 26.4 Å². The number of fused-ring (bicyclic) bond motifs is 1. The minimum atomic E-state index is -0.309. The summed E-state index contributed by atoms with van der Waals surface area (Å²) < 4.78 is 5.77. The fraction of sp³-hybridized carbons (Fsp3) is 0.0952. The molecule has 0 N–H and O–H groups in total. The third-order valence-electron chi connectivity index (χ3n) is 4.22. The first-order chi connectivity index (χ1) is 12.7. The molecule has 1 aliphatic heterocycles. The highest BCUT2D eigenvalue weighted by Gasteiger charge is 2.36. The number of carbonyl (C=O) groups excluding carboxylic acids is 2. The molecule has 4 rings (SSSR count). The summed E-state index contributed by atoms with van der Waals surface area (Å²) in [7, 11) is 0. The van der Waals surface area contributed by atoms with Crippen molar-refractivity contribution in [1.29, 1.82) is 0 Å². The Morgan fingerprint density at radius 2 is 1.58 bits per heavy atom. The van der Waals surface area contributed by atoms with Crippen LogP contribution in [0.3, 0.4) is 0 Å². The second kappa shape index (κ2) is 6.80. The number of carbonyl (C=O) groups is 2. The molecule has 0 saturated heterocycles. The Morgan fingerprint density at radius 3 is 2.27 bits per heavy atom. The molecule has 2 amide bonds. The Labute approximate surface area is 150 Å². The highest BCUT2D eigenvalue weighted by Crippen LogP contribution is 2.30. The van der Waals surface area contributed by atoms with Gasteiger partial charge in [0.1, 0.15) is 5.75 Å². The minimum Gasteiger partial charge on any atom is -0.493 e. The molecular weight excluding hydrogens is 328 g/mol. The van der Waals surface area contributed by atoms with E-state index in [0.717, 1.165) is 5.69 Å². The molecule has 3 aromatic rings. The number of pyridine rings is 1. The maximum Gasteiger partial charge on any atom is 0.266 e. The van der Waals surface area contributed by atoms with Crippen molar-refractivity contribution in [2.45, 2.75) is 6.42 Å². The SMILES string of the molecule is O=C1c2ccccc2C(=O)N1c1cccc(OCCc2ccccn2)c1. The van der Waals surface area contributed by atoms with E-state index in [9.17, 15) is 9.59 Å². The summed E-state index contributed by atoms with van der Waals surface area (Å²) in [5.74, 6) is -0.0116. The van der Waals surface area contributed by atoms with Crippen molar-refractivity contribution in [3.05, 3.63) is 89.7 Å². The van der Waals surface area contributed by atoms with Crippen LogP contribution >= 0.6 is 0 Å². The van der Waals surface area contributed by atoms with Crippen LogP contribution in [0.5, 0.6) is 5.75 Å². The molecule has 5 nitrogen and oxygen atoms in total. The van der Waals surface area contributed by atoms with Gasteiger partial charge in [0.25, 0.3) is 11.8 Å². The van der Waals surface area contributed by atoms with Gasteiger partial charge in [-0.1, -0.05) is 24.3 Å². The number of hydrogen-bond donors (Lipinski definition) is 0. The fourth-order valence-corrected chi connectivity index (χ4v) is 2.96. The first-order valence-electron chi connectivity index (χ1n) is 8.34. The van der Waals surface area contributed by atoms with Crippen molar-refractivity contribution in [1.82, 2.24) is 4.98 Å². The maximum absolute atomic E-state index is 12.6. The average Bonchev–Trinajstić information content (AvgIpc) is 2.94. The van der Waals surface area contributed by atoms with Gasteiger partial charge in [0.2, 0.25) is 0 Å². The largest absolute Gasteiger partial charge is 0.493 e. The molecule has 0 unspecified atom stereocenters. The number of anilines is 1. The Kier molecular flexibility index (Phi) is 4.19. The zero-order chi connectivity index (χ0) is 17.9. The summed E-state index contributed by atoms with van der Waals surface area (Å²) in [5, 5.41) is 0. The second-order valence-corrected chi connectivity index (χ2v) is 5.91. The molecule has 0 aliphatic carbocycles. The normalized spacial score (nSPS) is 13.0. The van der Waals surface area contributed by atoms with Gasteiger partial charge in [-0.3, -0.25) is 14.6 Å². The predicted octanol–water partition coefficient (Wildman–Crippen LogP) is 3.50. The summed E-state index contributed by atoms with van der Waals surface area (Å²) in [6.45, 7) is 0.461. The van der Waals surface area contributed by atoms with Gasteiger partial charge >= 0.3 is 0 Å². The van der Waals surface area contributed by atoms with Gasteiger partial charge in [-0.25, -0.2) is 4.90 Å². The number of hydrogen-bond acceptors (Lipinski definition) is 4. The molecule has 0 radical (unpaired) electrons. The van der Waals surface area contributed by atoms with Crippen molar-refractivity contribution in [2.24, 2.45) is 0 Å². The quantitative estimate of drug-likeness (QED) is 0.665. The lowest BCUT2D eigenvalue weighted by Gasteiger charge is -2.15.